The van der Waals surface area contributed by atoms with E-state index >= 15 is 0 Å². The second-order valence-corrected chi connectivity index (χ2v) is 11.7. The van der Waals surface area contributed by atoms with Gasteiger partial charge in [-0.2, -0.15) is 0 Å². The van der Waals surface area contributed by atoms with Gasteiger partial charge in [-0.3, -0.25) is 0 Å². The predicted molar refractivity (Wildman–Crippen MR) is 127 cm³/mol. The first-order valence-corrected chi connectivity index (χ1v) is 15.9. The molecule has 170 valence electrons. The van der Waals surface area contributed by atoms with Crippen LogP contribution in [0, 0.1) is 0 Å². The van der Waals surface area contributed by atoms with E-state index in [0.717, 1.165) is 52.1 Å². The average Bonchev–Trinajstić information content (AvgIpc) is 2.72. The van der Waals surface area contributed by atoms with E-state index in [-0.39, 0.29) is 30.9 Å². The number of hydrogen-bond donors (Lipinski definition) is 0. The summed E-state index contributed by atoms with van der Waals surface area (Å²) in [6, 6.07) is 2.71. The van der Waals surface area contributed by atoms with E-state index in [1.54, 1.807) is 0 Å². The van der Waals surface area contributed by atoms with E-state index in [2.05, 4.69) is 27.7 Å². The summed E-state index contributed by atoms with van der Waals surface area (Å²) in [5.74, 6) is 0.310. The monoisotopic (exact) mass is 434 g/mol. The molecule has 0 aromatic rings. The van der Waals surface area contributed by atoms with Crippen molar-refractivity contribution in [2.24, 2.45) is 0 Å². The van der Waals surface area contributed by atoms with Gasteiger partial charge in [-0.25, -0.2) is 0 Å². The summed E-state index contributed by atoms with van der Waals surface area (Å²) in [5, 5.41) is 0. The first-order valence-electron chi connectivity index (χ1n) is 12.2. The lowest BCUT2D eigenvalue weighted by atomic mass is 10.1. The van der Waals surface area contributed by atoms with Crippen LogP contribution in [0.3, 0.4) is 0 Å². The maximum absolute atomic E-state index is 5.86. The Balaban J connectivity index is 3.55. The Morgan fingerprint density at radius 2 is 0.750 bits per heavy atom. The molecular weight excluding hydrogens is 384 g/mol. The summed E-state index contributed by atoms with van der Waals surface area (Å²) >= 11 is 0. The third-order valence-corrected chi connectivity index (χ3v) is 8.36. The van der Waals surface area contributed by atoms with E-state index in [0.29, 0.717) is 0 Å². The van der Waals surface area contributed by atoms with Crippen molar-refractivity contribution < 1.29 is 18.9 Å². The molecule has 0 rings (SSSR count). The molecule has 0 saturated heterocycles. The van der Waals surface area contributed by atoms with Crippen molar-refractivity contribution in [3.63, 3.8) is 0 Å². The molecule has 28 heavy (non-hydrogen) atoms. The molecule has 0 aromatic carbocycles. The van der Waals surface area contributed by atoms with Gasteiger partial charge in [0.15, 0.2) is 0 Å². The van der Waals surface area contributed by atoms with Crippen molar-refractivity contribution in [1.82, 2.24) is 0 Å². The Bertz CT molecular complexity index is 252. The highest BCUT2D eigenvalue weighted by Crippen LogP contribution is 2.11. The zero-order chi connectivity index (χ0) is 20.7. The van der Waals surface area contributed by atoms with Crippen molar-refractivity contribution in [2.45, 2.75) is 116 Å². The molecule has 0 saturated carbocycles. The summed E-state index contributed by atoms with van der Waals surface area (Å²) < 4.78 is 23.4. The second kappa shape index (κ2) is 23.6. The largest absolute Gasteiger partial charge is 0.357 e. The Labute approximate surface area is 180 Å². The molecule has 0 spiro atoms. The molecule has 0 aliphatic carbocycles. The van der Waals surface area contributed by atoms with Crippen molar-refractivity contribution in [1.29, 1.82) is 0 Å². The summed E-state index contributed by atoms with van der Waals surface area (Å²) in [6.45, 7) is 12.0. The fraction of sp³-hybridized carbons (Fsp3) is 1.00. The molecule has 0 fully saturated rings. The molecule has 0 heterocycles. The molecule has 0 bridgehead atoms. The molecule has 0 aromatic heterocycles. The SMILES string of the molecule is CCCOC(OCCC)[SiH2]CCCCCCCC[SiH2]C(OCCC)OCCC. The molecular formula is C22H50O4Si2. The van der Waals surface area contributed by atoms with Crippen molar-refractivity contribution in [3.8, 4) is 0 Å². The molecule has 0 amide bonds. The average molecular weight is 435 g/mol. The smallest absolute Gasteiger partial charge is 0.134 e. The lowest BCUT2D eigenvalue weighted by Gasteiger charge is -2.18. The Hall–Kier alpha value is 0.274. The molecule has 6 heteroatoms. The van der Waals surface area contributed by atoms with Crippen LogP contribution in [-0.4, -0.2) is 57.3 Å². The summed E-state index contributed by atoms with van der Waals surface area (Å²) in [5.41, 5.74) is 0. The highest BCUT2D eigenvalue weighted by molar-refractivity contribution is 6.36. The maximum atomic E-state index is 5.86. The first kappa shape index (κ1) is 28.3. The van der Waals surface area contributed by atoms with Gasteiger partial charge in [0.25, 0.3) is 0 Å². The Kier molecular flexibility index (Phi) is 23.8. The lowest BCUT2D eigenvalue weighted by Crippen LogP contribution is -2.25. The van der Waals surface area contributed by atoms with Crippen molar-refractivity contribution in [2.75, 3.05) is 26.4 Å². The Morgan fingerprint density at radius 3 is 1.04 bits per heavy atom. The molecule has 0 N–H and O–H groups in total. The van der Waals surface area contributed by atoms with Crippen LogP contribution in [0.15, 0.2) is 0 Å². The van der Waals surface area contributed by atoms with Crippen LogP contribution in [-0.2, 0) is 18.9 Å². The van der Waals surface area contributed by atoms with Gasteiger partial charge in [-0.1, -0.05) is 78.3 Å². The van der Waals surface area contributed by atoms with Crippen LogP contribution >= 0.6 is 0 Å². The highest BCUT2D eigenvalue weighted by atomic mass is 28.2. The Morgan fingerprint density at radius 1 is 0.464 bits per heavy atom. The third kappa shape index (κ3) is 19.6. The number of rotatable bonds is 23. The van der Waals surface area contributed by atoms with Crippen LogP contribution in [0.2, 0.25) is 12.1 Å². The van der Waals surface area contributed by atoms with E-state index in [1.807, 2.05) is 0 Å². The highest BCUT2D eigenvalue weighted by Gasteiger charge is 2.10. The molecule has 0 unspecified atom stereocenters. The molecule has 4 nitrogen and oxygen atoms in total. The number of ether oxygens (including phenoxy) is 4. The van der Waals surface area contributed by atoms with E-state index < -0.39 is 0 Å². The summed E-state index contributed by atoms with van der Waals surface area (Å²) in [7, 11) is -0.507. The third-order valence-electron chi connectivity index (χ3n) is 4.66. The normalized spacial score (nSPS) is 12.6. The van der Waals surface area contributed by atoms with Crippen LogP contribution in [0.5, 0.6) is 0 Å². The van der Waals surface area contributed by atoms with Gasteiger partial charge in [-0.15, -0.1) is 0 Å². The minimum Gasteiger partial charge on any atom is -0.357 e. The van der Waals surface area contributed by atoms with E-state index in [1.165, 1.54) is 50.6 Å². The zero-order valence-corrected chi connectivity index (χ0v) is 22.3. The lowest BCUT2D eigenvalue weighted by molar-refractivity contribution is -0.0906. The second-order valence-electron chi connectivity index (χ2n) is 7.75. The summed E-state index contributed by atoms with van der Waals surface area (Å²) in [4.78, 5) is 0. The van der Waals surface area contributed by atoms with Crippen molar-refractivity contribution >= 4 is 19.0 Å². The topological polar surface area (TPSA) is 36.9 Å². The van der Waals surface area contributed by atoms with Crippen LogP contribution in [0.1, 0.15) is 91.9 Å². The standard InChI is InChI=1S/C22H50O4Si2/c1-5-15-23-21(24-16-6-2)27-19-13-11-9-10-12-14-20-28-22(25-17-7-3)26-18-8-4/h21-22H,5-20,27-28H2,1-4H3. The summed E-state index contributed by atoms with van der Waals surface area (Å²) in [6.07, 6.45) is 12.6. The van der Waals surface area contributed by atoms with Crippen molar-refractivity contribution in [3.05, 3.63) is 0 Å². The van der Waals surface area contributed by atoms with Gasteiger partial charge in [0.1, 0.15) is 11.8 Å². The number of unbranched alkanes of at least 4 members (excludes halogenated alkanes) is 5. The van der Waals surface area contributed by atoms with Crippen LogP contribution in [0.4, 0.5) is 0 Å². The minimum absolute atomic E-state index is 0.155. The van der Waals surface area contributed by atoms with Gasteiger partial charge < -0.3 is 18.9 Å². The van der Waals surface area contributed by atoms with Gasteiger partial charge >= 0.3 is 0 Å². The van der Waals surface area contributed by atoms with E-state index in [4.69, 9.17) is 18.9 Å². The molecule has 0 atom stereocenters. The quantitative estimate of drug-likeness (QED) is 0.132. The zero-order valence-electron chi connectivity index (χ0n) is 19.5. The van der Waals surface area contributed by atoms with E-state index in [9.17, 15) is 0 Å². The van der Waals surface area contributed by atoms with Gasteiger partial charge in [0.2, 0.25) is 0 Å². The predicted octanol–water partition coefficient (Wildman–Crippen LogP) is 4.77. The van der Waals surface area contributed by atoms with Crippen LogP contribution < -0.4 is 0 Å². The number of hydrogen-bond acceptors (Lipinski definition) is 4. The van der Waals surface area contributed by atoms with Gasteiger partial charge in [-0.05, 0) is 25.7 Å². The van der Waals surface area contributed by atoms with Crippen LogP contribution in [0.25, 0.3) is 0 Å². The van der Waals surface area contributed by atoms with Gasteiger partial charge in [0, 0.05) is 26.4 Å². The molecule has 0 aliphatic rings. The molecule has 0 radical (unpaired) electrons. The van der Waals surface area contributed by atoms with Gasteiger partial charge in [0.05, 0.1) is 19.0 Å². The maximum Gasteiger partial charge on any atom is 0.134 e. The fourth-order valence-electron chi connectivity index (χ4n) is 3.11. The fourth-order valence-corrected chi connectivity index (χ4v) is 6.39. The minimum atomic E-state index is -0.253. The first-order chi connectivity index (χ1) is 13.8. The molecule has 0 aliphatic heterocycles.